The van der Waals surface area contributed by atoms with Crippen LogP contribution < -0.4 is 4.74 Å². The highest BCUT2D eigenvalue weighted by molar-refractivity contribution is 6.40. The number of carbonyl (C=O) groups is 1. The highest BCUT2D eigenvalue weighted by atomic mass is 35.5. The summed E-state index contributed by atoms with van der Waals surface area (Å²) in [5.41, 5.74) is 0. The molecule has 19 heavy (non-hydrogen) atoms. The number of carbonyl (C=O) groups excluding carboxylic acids is 1. The molecule has 1 fully saturated rings. The van der Waals surface area contributed by atoms with Crippen LogP contribution in [0.2, 0.25) is 15.1 Å². The van der Waals surface area contributed by atoms with Crippen molar-refractivity contribution >= 4 is 40.9 Å². The average molecular weight is 323 g/mol. The fourth-order valence-corrected chi connectivity index (χ4v) is 2.86. The standard InChI is InChI=1S/C13H14Cl3NO2/c1-8-2-4-17(5-3-8)13(18)19-12-10(15)6-9(14)7-11(12)16/h6-8H,2-5H2,1H3. The molecule has 0 spiro atoms. The summed E-state index contributed by atoms with van der Waals surface area (Å²) < 4.78 is 5.27. The number of ether oxygens (including phenoxy) is 1. The topological polar surface area (TPSA) is 29.5 Å². The lowest BCUT2D eigenvalue weighted by atomic mass is 10.00. The fourth-order valence-electron chi connectivity index (χ4n) is 1.97. The second kappa shape index (κ2) is 6.21. The van der Waals surface area contributed by atoms with Gasteiger partial charge in [-0.25, -0.2) is 4.79 Å². The molecular formula is C13H14Cl3NO2. The quantitative estimate of drug-likeness (QED) is 0.737. The van der Waals surface area contributed by atoms with Gasteiger partial charge in [0.1, 0.15) is 0 Å². The molecule has 3 nitrogen and oxygen atoms in total. The molecule has 0 unspecified atom stereocenters. The summed E-state index contributed by atoms with van der Waals surface area (Å²) in [7, 11) is 0. The van der Waals surface area contributed by atoms with E-state index in [4.69, 9.17) is 39.5 Å². The van der Waals surface area contributed by atoms with E-state index in [1.165, 1.54) is 12.1 Å². The number of hydrogen-bond donors (Lipinski definition) is 0. The van der Waals surface area contributed by atoms with Gasteiger partial charge in [-0.3, -0.25) is 0 Å². The van der Waals surface area contributed by atoms with Gasteiger partial charge in [0.2, 0.25) is 0 Å². The van der Waals surface area contributed by atoms with Crippen molar-refractivity contribution in [3.05, 3.63) is 27.2 Å². The molecule has 0 radical (unpaired) electrons. The zero-order chi connectivity index (χ0) is 14.0. The Balaban J connectivity index is 2.07. The molecule has 1 amide bonds. The van der Waals surface area contributed by atoms with Gasteiger partial charge in [0.15, 0.2) is 5.75 Å². The highest BCUT2D eigenvalue weighted by Crippen LogP contribution is 2.36. The Kier molecular flexibility index (Phi) is 4.82. The lowest BCUT2D eigenvalue weighted by Gasteiger charge is -2.29. The summed E-state index contributed by atoms with van der Waals surface area (Å²) in [4.78, 5) is 13.7. The smallest absolute Gasteiger partial charge is 0.407 e. The first-order valence-corrected chi connectivity index (χ1v) is 7.22. The largest absolute Gasteiger partial charge is 0.415 e. The van der Waals surface area contributed by atoms with Crippen molar-refractivity contribution in [3.8, 4) is 5.75 Å². The lowest BCUT2D eigenvalue weighted by Crippen LogP contribution is -2.39. The van der Waals surface area contributed by atoms with Crippen LogP contribution in [0.15, 0.2) is 12.1 Å². The minimum absolute atomic E-state index is 0.163. The molecule has 0 saturated carbocycles. The number of piperidine rings is 1. The van der Waals surface area contributed by atoms with Crippen molar-refractivity contribution in [1.29, 1.82) is 0 Å². The van der Waals surface area contributed by atoms with Gasteiger partial charge in [0, 0.05) is 18.1 Å². The third kappa shape index (κ3) is 3.68. The summed E-state index contributed by atoms with van der Waals surface area (Å²) in [6, 6.07) is 2.99. The number of rotatable bonds is 1. The molecule has 0 bridgehead atoms. The Labute approximate surface area is 127 Å². The maximum atomic E-state index is 12.0. The van der Waals surface area contributed by atoms with Crippen LogP contribution in [-0.2, 0) is 0 Å². The Bertz CT molecular complexity index is 462. The van der Waals surface area contributed by atoms with Crippen molar-refractivity contribution in [2.24, 2.45) is 5.92 Å². The van der Waals surface area contributed by atoms with Crippen molar-refractivity contribution < 1.29 is 9.53 Å². The first kappa shape index (κ1) is 14.8. The fraction of sp³-hybridized carbons (Fsp3) is 0.462. The second-order valence-corrected chi connectivity index (χ2v) is 5.99. The van der Waals surface area contributed by atoms with E-state index < -0.39 is 6.09 Å². The summed E-state index contributed by atoms with van der Waals surface area (Å²) in [5.74, 6) is 0.808. The summed E-state index contributed by atoms with van der Waals surface area (Å²) in [5, 5.41) is 0.869. The summed E-state index contributed by atoms with van der Waals surface area (Å²) in [6.07, 6.45) is 1.55. The van der Waals surface area contributed by atoms with Crippen LogP contribution in [0.4, 0.5) is 4.79 Å². The number of amides is 1. The van der Waals surface area contributed by atoms with Gasteiger partial charge in [0.05, 0.1) is 10.0 Å². The predicted octanol–water partition coefficient (Wildman–Crippen LogP) is 4.88. The van der Waals surface area contributed by atoms with Crippen LogP contribution in [0, 0.1) is 5.92 Å². The van der Waals surface area contributed by atoms with Crippen molar-refractivity contribution in [2.45, 2.75) is 19.8 Å². The molecule has 1 saturated heterocycles. The number of benzene rings is 1. The van der Waals surface area contributed by atoms with E-state index in [0.717, 1.165) is 12.8 Å². The van der Waals surface area contributed by atoms with E-state index in [-0.39, 0.29) is 15.8 Å². The zero-order valence-electron chi connectivity index (χ0n) is 10.5. The molecule has 1 heterocycles. The van der Waals surface area contributed by atoms with Crippen molar-refractivity contribution in [2.75, 3.05) is 13.1 Å². The van der Waals surface area contributed by atoms with Gasteiger partial charge in [-0.05, 0) is 30.9 Å². The minimum Gasteiger partial charge on any atom is -0.407 e. The van der Waals surface area contributed by atoms with E-state index in [1.54, 1.807) is 4.90 Å². The summed E-state index contributed by atoms with van der Waals surface area (Å²) in [6.45, 7) is 3.57. The minimum atomic E-state index is -0.418. The summed E-state index contributed by atoms with van der Waals surface area (Å²) >= 11 is 17.8. The molecular weight excluding hydrogens is 309 g/mol. The molecule has 0 N–H and O–H groups in total. The first-order valence-electron chi connectivity index (χ1n) is 6.08. The van der Waals surface area contributed by atoms with E-state index >= 15 is 0 Å². The molecule has 6 heteroatoms. The van der Waals surface area contributed by atoms with Gasteiger partial charge in [-0.1, -0.05) is 41.7 Å². The van der Waals surface area contributed by atoms with Gasteiger partial charge in [-0.15, -0.1) is 0 Å². The van der Waals surface area contributed by atoms with Gasteiger partial charge in [0.25, 0.3) is 0 Å². The van der Waals surface area contributed by atoms with Crippen LogP contribution in [-0.4, -0.2) is 24.1 Å². The lowest BCUT2D eigenvalue weighted by molar-refractivity contribution is 0.133. The van der Waals surface area contributed by atoms with Gasteiger partial charge >= 0.3 is 6.09 Å². The Morgan fingerprint density at radius 3 is 2.26 bits per heavy atom. The van der Waals surface area contributed by atoms with Crippen LogP contribution in [0.3, 0.4) is 0 Å². The Morgan fingerprint density at radius 1 is 1.21 bits per heavy atom. The number of likely N-dealkylation sites (tertiary alicyclic amines) is 1. The van der Waals surface area contributed by atoms with Crippen molar-refractivity contribution in [3.63, 3.8) is 0 Å². The molecule has 1 aliphatic heterocycles. The van der Waals surface area contributed by atoms with Crippen LogP contribution in [0.1, 0.15) is 19.8 Å². The maximum Gasteiger partial charge on any atom is 0.415 e. The van der Waals surface area contributed by atoms with E-state index in [0.29, 0.717) is 24.0 Å². The highest BCUT2D eigenvalue weighted by Gasteiger charge is 2.23. The number of halogens is 3. The van der Waals surface area contributed by atoms with Gasteiger partial charge in [-0.2, -0.15) is 0 Å². The van der Waals surface area contributed by atoms with Crippen molar-refractivity contribution in [1.82, 2.24) is 4.90 Å². The monoisotopic (exact) mass is 321 g/mol. The Morgan fingerprint density at radius 2 is 1.74 bits per heavy atom. The van der Waals surface area contributed by atoms with E-state index in [2.05, 4.69) is 6.92 Å². The molecule has 1 aromatic carbocycles. The van der Waals surface area contributed by atoms with E-state index in [1.807, 2.05) is 0 Å². The second-order valence-electron chi connectivity index (χ2n) is 4.74. The average Bonchev–Trinajstić information content (AvgIpc) is 2.34. The predicted molar refractivity (Wildman–Crippen MR) is 77.5 cm³/mol. The van der Waals surface area contributed by atoms with Gasteiger partial charge < -0.3 is 9.64 Å². The molecule has 0 atom stereocenters. The first-order chi connectivity index (χ1) is 8.97. The molecule has 1 aliphatic rings. The zero-order valence-corrected chi connectivity index (χ0v) is 12.7. The molecule has 2 rings (SSSR count). The molecule has 0 aliphatic carbocycles. The number of nitrogens with zero attached hydrogens (tertiary/aromatic N) is 1. The molecule has 104 valence electrons. The normalized spacial score (nSPS) is 16.5. The van der Waals surface area contributed by atoms with Crippen LogP contribution >= 0.6 is 34.8 Å². The Hall–Kier alpha value is -0.640. The molecule has 1 aromatic rings. The van der Waals surface area contributed by atoms with Crippen LogP contribution in [0.25, 0.3) is 0 Å². The number of hydrogen-bond acceptors (Lipinski definition) is 2. The van der Waals surface area contributed by atoms with E-state index in [9.17, 15) is 4.79 Å². The van der Waals surface area contributed by atoms with Crippen LogP contribution in [0.5, 0.6) is 5.75 Å². The molecule has 0 aromatic heterocycles. The maximum absolute atomic E-state index is 12.0. The SMILES string of the molecule is CC1CCN(C(=O)Oc2c(Cl)cc(Cl)cc2Cl)CC1. The third-order valence-corrected chi connectivity index (χ3v) is 3.97. The third-order valence-electron chi connectivity index (χ3n) is 3.19.